The molecule has 0 aliphatic heterocycles. The maximum Gasteiger partial charge on any atom is 0.255 e. The van der Waals surface area contributed by atoms with Crippen LogP contribution in [0.15, 0.2) is 76.7 Å². The number of benzene rings is 3. The van der Waals surface area contributed by atoms with Gasteiger partial charge in [-0.05, 0) is 59.7 Å². The lowest BCUT2D eigenvalue weighted by Crippen LogP contribution is -2.36. The Morgan fingerprint density at radius 3 is 2.47 bits per heavy atom. The van der Waals surface area contributed by atoms with Crippen molar-refractivity contribution < 1.29 is 17.9 Å². The molecule has 0 saturated carbocycles. The Morgan fingerprint density at radius 2 is 1.77 bits per heavy atom. The number of rotatable bonds is 8. The van der Waals surface area contributed by atoms with Crippen molar-refractivity contribution in [2.75, 3.05) is 20.2 Å². The van der Waals surface area contributed by atoms with E-state index in [-0.39, 0.29) is 11.4 Å². The molecule has 3 aromatic rings. The average molecular weight is 426 g/mol. The van der Waals surface area contributed by atoms with Crippen LogP contribution in [0.4, 0.5) is 0 Å². The monoisotopic (exact) mass is 425 g/mol. The minimum atomic E-state index is -3.81. The van der Waals surface area contributed by atoms with Gasteiger partial charge in [0.15, 0.2) is 0 Å². The second-order valence-electron chi connectivity index (χ2n) is 6.57. The van der Waals surface area contributed by atoms with Gasteiger partial charge in [0.25, 0.3) is 5.91 Å². The first-order valence-corrected chi connectivity index (χ1v) is 10.8. The first kappa shape index (κ1) is 21.5. The van der Waals surface area contributed by atoms with Crippen LogP contribution in [0.3, 0.4) is 0 Å². The zero-order valence-corrected chi connectivity index (χ0v) is 17.6. The van der Waals surface area contributed by atoms with Crippen molar-refractivity contribution in [1.82, 2.24) is 9.73 Å². The van der Waals surface area contributed by atoms with E-state index in [1.54, 1.807) is 36.4 Å². The highest BCUT2D eigenvalue weighted by molar-refractivity contribution is 7.89. The molecular formula is C22H23N3O4S. The number of nitrogens with one attached hydrogen (secondary N) is 1. The molecule has 3 rings (SSSR count). The molecule has 0 aromatic heterocycles. The average Bonchev–Trinajstić information content (AvgIpc) is 2.74. The third kappa shape index (κ3) is 5.22. The van der Waals surface area contributed by atoms with Gasteiger partial charge in [0.2, 0.25) is 10.0 Å². The molecule has 1 N–H and O–H groups in total. The van der Waals surface area contributed by atoms with Gasteiger partial charge in [-0.15, -0.1) is 0 Å². The molecule has 0 unspecified atom stereocenters. The number of ether oxygens (including phenoxy) is 1. The lowest BCUT2D eigenvalue weighted by Gasteiger charge is -2.16. The SMILES string of the molecule is CCOc1ccc(C=NNC(=O)CN(C)S(=O)(=O)c2ccc3ccccc3c2)cc1. The molecule has 0 spiro atoms. The van der Waals surface area contributed by atoms with Crippen LogP contribution in [0.2, 0.25) is 0 Å². The van der Waals surface area contributed by atoms with Crippen LogP contribution in [0, 0.1) is 0 Å². The van der Waals surface area contributed by atoms with Crippen LogP contribution in [0.1, 0.15) is 12.5 Å². The van der Waals surface area contributed by atoms with Gasteiger partial charge in [0.05, 0.1) is 24.3 Å². The molecule has 7 nitrogen and oxygen atoms in total. The normalized spacial score (nSPS) is 11.8. The molecular weight excluding hydrogens is 402 g/mol. The molecule has 0 heterocycles. The van der Waals surface area contributed by atoms with Gasteiger partial charge in [-0.2, -0.15) is 9.41 Å². The predicted octanol–water partition coefficient (Wildman–Crippen LogP) is 3.01. The number of hydrogen-bond donors (Lipinski definition) is 1. The highest BCUT2D eigenvalue weighted by Gasteiger charge is 2.23. The van der Waals surface area contributed by atoms with Gasteiger partial charge < -0.3 is 4.74 Å². The van der Waals surface area contributed by atoms with Gasteiger partial charge in [-0.3, -0.25) is 4.79 Å². The molecule has 30 heavy (non-hydrogen) atoms. The summed E-state index contributed by atoms with van der Waals surface area (Å²) in [6.07, 6.45) is 1.48. The molecule has 8 heteroatoms. The Hall–Kier alpha value is -3.23. The van der Waals surface area contributed by atoms with E-state index in [1.807, 2.05) is 31.2 Å². The molecule has 0 bridgehead atoms. The molecule has 0 radical (unpaired) electrons. The number of fused-ring (bicyclic) bond motifs is 1. The summed E-state index contributed by atoms with van der Waals surface area (Å²) in [6.45, 7) is 2.14. The summed E-state index contributed by atoms with van der Waals surface area (Å²) in [6, 6.07) is 19.6. The Kier molecular flexibility index (Phi) is 6.81. The topological polar surface area (TPSA) is 88.1 Å². The summed E-state index contributed by atoms with van der Waals surface area (Å²) in [5.74, 6) is 0.211. The van der Waals surface area contributed by atoms with Crippen molar-refractivity contribution in [2.45, 2.75) is 11.8 Å². The fourth-order valence-corrected chi connectivity index (χ4v) is 3.99. The van der Waals surface area contributed by atoms with Gasteiger partial charge in [-0.25, -0.2) is 13.8 Å². The highest BCUT2D eigenvalue weighted by atomic mass is 32.2. The van der Waals surface area contributed by atoms with Crippen molar-refractivity contribution >= 4 is 32.9 Å². The van der Waals surface area contributed by atoms with Crippen molar-refractivity contribution in [3.05, 3.63) is 72.3 Å². The summed E-state index contributed by atoms with van der Waals surface area (Å²) in [5.41, 5.74) is 3.12. The van der Waals surface area contributed by atoms with Crippen LogP contribution in [0.5, 0.6) is 5.75 Å². The second kappa shape index (κ2) is 9.51. The standard InChI is InChI=1S/C22H23N3O4S/c1-3-29-20-11-8-17(9-12-20)15-23-24-22(26)16-25(2)30(27,28)21-13-10-18-6-4-5-7-19(18)14-21/h4-15H,3,16H2,1-2H3,(H,24,26). The van der Waals surface area contributed by atoms with Gasteiger partial charge in [0.1, 0.15) is 5.75 Å². The second-order valence-corrected chi connectivity index (χ2v) is 8.61. The van der Waals surface area contributed by atoms with Gasteiger partial charge >= 0.3 is 0 Å². The lowest BCUT2D eigenvalue weighted by molar-refractivity contribution is -0.121. The number of likely N-dealkylation sites (N-methyl/N-ethyl adjacent to an activating group) is 1. The zero-order valence-electron chi connectivity index (χ0n) is 16.8. The van der Waals surface area contributed by atoms with Gasteiger partial charge in [-0.1, -0.05) is 30.3 Å². The number of carbonyl (C=O) groups excluding carboxylic acids is 1. The van der Waals surface area contributed by atoms with E-state index in [2.05, 4.69) is 10.5 Å². The summed E-state index contributed by atoms with van der Waals surface area (Å²) in [7, 11) is -2.44. The predicted molar refractivity (Wildman–Crippen MR) is 117 cm³/mol. The van der Waals surface area contributed by atoms with E-state index in [0.29, 0.717) is 6.61 Å². The first-order valence-electron chi connectivity index (χ1n) is 9.40. The number of nitrogens with zero attached hydrogens (tertiary/aromatic N) is 2. The summed E-state index contributed by atoms with van der Waals surface area (Å²) in [4.78, 5) is 12.3. The van der Waals surface area contributed by atoms with Crippen molar-refractivity contribution in [3.8, 4) is 5.75 Å². The third-order valence-electron chi connectivity index (χ3n) is 4.39. The van der Waals surface area contributed by atoms with E-state index in [0.717, 1.165) is 26.4 Å². The lowest BCUT2D eigenvalue weighted by atomic mass is 10.1. The highest BCUT2D eigenvalue weighted by Crippen LogP contribution is 2.21. The molecule has 156 valence electrons. The third-order valence-corrected chi connectivity index (χ3v) is 6.19. The van der Waals surface area contributed by atoms with E-state index < -0.39 is 15.9 Å². The van der Waals surface area contributed by atoms with Crippen LogP contribution >= 0.6 is 0 Å². The maximum absolute atomic E-state index is 12.8. The largest absolute Gasteiger partial charge is 0.494 e. The summed E-state index contributed by atoms with van der Waals surface area (Å²) < 4.78 is 31.9. The number of hydrazone groups is 1. The van der Waals surface area contributed by atoms with E-state index in [1.165, 1.54) is 19.3 Å². The zero-order chi connectivity index (χ0) is 21.6. The van der Waals surface area contributed by atoms with Gasteiger partial charge in [0, 0.05) is 7.05 Å². The summed E-state index contributed by atoms with van der Waals surface area (Å²) >= 11 is 0. The molecule has 0 aliphatic rings. The smallest absolute Gasteiger partial charge is 0.255 e. The van der Waals surface area contributed by atoms with Crippen LogP contribution in [-0.2, 0) is 14.8 Å². The van der Waals surface area contributed by atoms with E-state index >= 15 is 0 Å². The molecule has 1 amide bonds. The molecule has 0 aliphatic carbocycles. The molecule has 0 saturated heterocycles. The van der Waals surface area contributed by atoms with Crippen LogP contribution in [-0.4, -0.2) is 45.0 Å². The number of sulfonamides is 1. The van der Waals surface area contributed by atoms with Crippen LogP contribution < -0.4 is 10.2 Å². The van der Waals surface area contributed by atoms with E-state index in [9.17, 15) is 13.2 Å². The minimum Gasteiger partial charge on any atom is -0.494 e. The number of carbonyl (C=O) groups is 1. The fraction of sp³-hybridized carbons (Fsp3) is 0.182. The Bertz CT molecular complexity index is 1160. The number of amides is 1. The van der Waals surface area contributed by atoms with Crippen molar-refractivity contribution in [3.63, 3.8) is 0 Å². The number of hydrogen-bond acceptors (Lipinski definition) is 5. The maximum atomic E-state index is 12.8. The minimum absolute atomic E-state index is 0.134. The van der Waals surface area contributed by atoms with Crippen LogP contribution in [0.25, 0.3) is 10.8 Å². The quantitative estimate of drug-likeness (QED) is 0.444. The fourth-order valence-electron chi connectivity index (χ4n) is 2.83. The molecule has 0 atom stereocenters. The Labute approximate surface area is 176 Å². The Morgan fingerprint density at radius 1 is 1.07 bits per heavy atom. The van der Waals surface area contributed by atoms with Crippen molar-refractivity contribution in [2.24, 2.45) is 5.10 Å². The Balaban J connectivity index is 1.60. The first-order chi connectivity index (χ1) is 14.4. The molecule has 3 aromatic carbocycles. The van der Waals surface area contributed by atoms with Crippen molar-refractivity contribution in [1.29, 1.82) is 0 Å². The summed E-state index contributed by atoms with van der Waals surface area (Å²) in [5, 5.41) is 5.64. The molecule has 0 fully saturated rings. The van der Waals surface area contributed by atoms with E-state index in [4.69, 9.17) is 4.74 Å².